The van der Waals surface area contributed by atoms with Crippen molar-refractivity contribution < 1.29 is 22.3 Å². The van der Waals surface area contributed by atoms with E-state index >= 15 is 0 Å². The number of hydrogen-bond donors (Lipinski definition) is 1. The van der Waals surface area contributed by atoms with Gasteiger partial charge < -0.3 is 4.18 Å². The third-order valence-corrected chi connectivity index (χ3v) is 6.71. The summed E-state index contributed by atoms with van der Waals surface area (Å²) in [7, 11) is -4.29. The van der Waals surface area contributed by atoms with Crippen LogP contribution in [0.3, 0.4) is 0 Å². The highest BCUT2D eigenvalue weighted by Gasteiger charge is 2.20. The van der Waals surface area contributed by atoms with E-state index in [1.54, 1.807) is 0 Å². The highest BCUT2D eigenvalue weighted by molar-refractivity contribution is 7.87. The van der Waals surface area contributed by atoms with E-state index in [-0.39, 0.29) is 21.9 Å². The number of anilines is 1. The van der Waals surface area contributed by atoms with Gasteiger partial charge in [-0.05, 0) is 37.3 Å². The Morgan fingerprint density at radius 3 is 2.44 bits per heavy atom. The zero-order valence-corrected chi connectivity index (χ0v) is 19.3. The first kappa shape index (κ1) is 23.1. The van der Waals surface area contributed by atoms with Crippen LogP contribution in [0.1, 0.15) is 15.9 Å². The minimum absolute atomic E-state index is 0.0426. The molecule has 0 spiro atoms. The van der Waals surface area contributed by atoms with E-state index in [0.717, 1.165) is 22.9 Å². The Morgan fingerprint density at radius 2 is 1.76 bits per heavy atom. The lowest BCUT2D eigenvalue weighted by Gasteiger charge is -2.08. The summed E-state index contributed by atoms with van der Waals surface area (Å²) < 4.78 is 29.9. The van der Waals surface area contributed by atoms with Gasteiger partial charge in [-0.2, -0.15) is 8.42 Å². The molecule has 0 atom stereocenters. The van der Waals surface area contributed by atoms with Crippen LogP contribution in [0.5, 0.6) is 5.75 Å². The zero-order valence-electron chi connectivity index (χ0n) is 17.7. The van der Waals surface area contributed by atoms with Gasteiger partial charge in [0.1, 0.15) is 10.6 Å². The molecular formula is C23H17N3O6S2. The minimum Gasteiger partial charge on any atom is -0.379 e. The van der Waals surface area contributed by atoms with Crippen molar-refractivity contribution in [1.82, 2.24) is 4.98 Å². The maximum atomic E-state index is 12.6. The number of nitrogens with zero attached hydrogens (tertiary/aromatic N) is 2. The van der Waals surface area contributed by atoms with Crippen molar-refractivity contribution in [1.29, 1.82) is 0 Å². The highest BCUT2D eigenvalue weighted by Crippen LogP contribution is 2.26. The van der Waals surface area contributed by atoms with E-state index in [2.05, 4.69) is 10.3 Å². The molecule has 9 nitrogen and oxygen atoms in total. The molecule has 34 heavy (non-hydrogen) atoms. The molecule has 0 fully saturated rings. The Morgan fingerprint density at radius 1 is 1.06 bits per heavy atom. The molecule has 11 heteroatoms. The number of carbonyl (C=O) groups is 1. The fourth-order valence-electron chi connectivity index (χ4n) is 2.95. The SMILES string of the molecule is Cc1ccc(-c2csc(NC(=O)c3ccc(OS(=O)(=O)c4cccc([N+](=O)[O-])c4)cc3)n2)cc1. The summed E-state index contributed by atoms with van der Waals surface area (Å²) in [5, 5.41) is 15.9. The highest BCUT2D eigenvalue weighted by atomic mass is 32.2. The Bertz CT molecular complexity index is 1460. The first-order valence-corrected chi connectivity index (χ1v) is 12.1. The van der Waals surface area contributed by atoms with Crippen molar-refractivity contribution in [2.45, 2.75) is 11.8 Å². The summed E-state index contributed by atoms with van der Waals surface area (Å²) in [6.07, 6.45) is 0. The summed E-state index contributed by atoms with van der Waals surface area (Å²) in [6.45, 7) is 2.00. The van der Waals surface area contributed by atoms with Crippen LogP contribution in [0.4, 0.5) is 10.8 Å². The lowest BCUT2D eigenvalue weighted by atomic mass is 10.1. The second-order valence-corrected chi connectivity index (χ2v) is 9.58. The molecule has 0 radical (unpaired) electrons. The maximum absolute atomic E-state index is 12.6. The number of carbonyl (C=O) groups excluding carboxylic acids is 1. The summed E-state index contributed by atoms with van der Waals surface area (Å²) in [6, 6.07) is 17.9. The Kier molecular flexibility index (Phi) is 6.39. The molecule has 0 saturated carbocycles. The third-order valence-electron chi connectivity index (χ3n) is 4.71. The average molecular weight is 496 g/mol. The molecule has 1 heterocycles. The van der Waals surface area contributed by atoms with Crippen LogP contribution < -0.4 is 9.50 Å². The second kappa shape index (κ2) is 9.41. The van der Waals surface area contributed by atoms with Gasteiger partial charge in [0.15, 0.2) is 5.13 Å². The molecular weight excluding hydrogens is 478 g/mol. The van der Waals surface area contributed by atoms with Crippen LogP contribution in [0, 0.1) is 17.0 Å². The summed E-state index contributed by atoms with van der Waals surface area (Å²) >= 11 is 1.29. The number of rotatable bonds is 7. The molecule has 0 aliphatic carbocycles. The van der Waals surface area contributed by atoms with Gasteiger partial charge in [-0.25, -0.2) is 4.98 Å². The normalized spacial score (nSPS) is 11.1. The number of non-ortho nitro benzene ring substituents is 1. The predicted molar refractivity (Wildman–Crippen MR) is 128 cm³/mol. The predicted octanol–water partition coefficient (Wildman–Crippen LogP) is 5.05. The first-order chi connectivity index (χ1) is 16.2. The quantitative estimate of drug-likeness (QED) is 0.216. The van der Waals surface area contributed by atoms with Crippen molar-refractivity contribution in [3.63, 3.8) is 0 Å². The third kappa shape index (κ3) is 5.27. The Hall–Kier alpha value is -4.09. The van der Waals surface area contributed by atoms with Crippen molar-refractivity contribution in [3.05, 3.63) is 99.4 Å². The molecule has 1 aromatic heterocycles. The summed E-state index contributed by atoms with van der Waals surface area (Å²) in [5.41, 5.74) is 2.72. The van der Waals surface area contributed by atoms with Crippen LogP contribution in [0.15, 0.2) is 83.1 Å². The van der Waals surface area contributed by atoms with Crippen LogP contribution in [0.25, 0.3) is 11.3 Å². The topological polar surface area (TPSA) is 128 Å². The van der Waals surface area contributed by atoms with Crippen molar-refractivity contribution >= 4 is 38.2 Å². The second-order valence-electron chi connectivity index (χ2n) is 7.17. The van der Waals surface area contributed by atoms with E-state index in [4.69, 9.17) is 4.18 Å². The number of amides is 1. The van der Waals surface area contributed by atoms with E-state index in [1.165, 1.54) is 53.8 Å². The van der Waals surface area contributed by atoms with Gasteiger partial charge in [0.2, 0.25) is 0 Å². The Balaban J connectivity index is 1.43. The van der Waals surface area contributed by atoms with Crippen LogP contribution >= 0.6 is 11.3 Å². The molecule has 0 saturated heterocycles. The number of aromatic nitrogens is 1. The molecule has 3 aromatic carbocycles. The maximum Gasteiger partial charge on any atom is 0.339 e. The Labute approximate surface area is 199 Å². The van der Waals surface area contributed by atoms with Crippen molar-refractivity contribution in [2.75, 3.05) is 5.32 Å². The lowest BCUT2D eigenvalue weighted by Crippen LogP contribution is -2.12. The smallest absolute Gasteiger partial charge is 0.339 e. The summed E-state index contributed by atoms with van der Waals surface area (Å²) in [5.74, 6) is -0.461. The van der Waals surface area contributed by atoms with Crippen molar-refractivity contribution in [2.24, 2.45) is 0 Å². The fraction of sp³-hybridized carbons (Fsp3) is 0.0435. The molecule has 1 amide bonds. The number of aryl methyl sites for hydroxylation is 1. The minimum atomic E-state index is -4.29. The summed E-state index contributed by atoms with van der Waals surface area (Å²) in [4.78, 5) is 26.8. The number of thiazole rings is 1. The monoisotopic (exact) mass is 495 g/mol. The number of hydrogen-bond acceptors (Lipinski definition) is 8. The fourth-order valence-corrected chi connectivity index (χ4v) is 4.63. The van der Waals surface area contributed by atoms with Crippen molar-refractivity contribution in [3.8, 4) is 17.0 Å². The van der Waals surface area contributed by atoms with Gasteiger partial charge in [-0.15, -0.1) is 11.3 Å². The van der Waals surface area contributed by atoms with Crippen LogP contribution in [0.2, 0.25) is 0 Å². The molecule has 0 bridgehead atoms. The van der Waals surface area contributed by atoms with E-state index in [1.807, 2.05) is 36.6 Å². The van der Waals surface area contributed by atoms with Crippen LogP contribution in [-0.4, -0.2) is 24.2 Å². The molecule has 4 aromatic rings. The molecule has 0 unspecified atom stereocenters. The van der Waals surface area contributed by atoms with E-state index in [0.29, 0.717) is 5.13 Å². The molecule has 172 valence electrons. The average Bonchev–Trinajstić information content (AvgIpc) is 3.28. The van der Waals surface area contributed by atoms with Crippen LogP contribution in [-0.2, 0) is 10.1 Å². The molecule has 4 rings (SSSR count). The van der Waals surface area contributed by atoms with E-state index in [9.17, 15) is 23.3 Å². The van der Waals surface area contributed by atoms with Gasteiger partial charge in [-0.3, -0.25) is 20.2 Å². The zero-order chi connectivity index (χ0) is 24.3. The van der Waals surface area contributed by atoms with Gasteiger partial charge in [0.05, 0.1) is 10.6 Å². The molecule has 0 aliphatic rings. The number of nitro groups is 1. The van der Waals surface area contributed by atoms with Gasteiger partial charge in [-0.1, -0.05) is 35.9 Å². The molecule has 0 aliphatic heterocycles. The number of nitro benzene ring substituents is 1. The van der Waals surface area contributed by atoms with E-state index < -0.39 is 20.9 Å². The van der Waals surface area contributed by atoms with Gasteiger partial charge >= 0.3 is 10.1 Å². The number of benzene rings is 3. The standard InChI is InChI=1S/C23H17N3O6S2/c1-15-5-7-16(8-6-15)21-14-33-23(24-21)25-22(27)17-9-11-19(12-10-17)32-34(30,31)20-4-2-3-18(13-20)26(28)29/h2-14H,1H3,(H,24,25,27). The molecule has 1 N–H and O–H groups in total. The lowest BCUT2D eigenvalue weighted by molar-refractivity contribution is -0.385. The first-order valence-electron chi connectivity index (χ1n) is 9.84. The van der Waals surface area contributed by atoms with Gasteiger partial charge in [0, 0.05) is 28.6 Å². The largest absolute Gasteiger partial charge is 0.379 e. The van der Waals surface area contributed by atoms with Gasteiger partial charge in [0.25, 0.3) is 11.6 Å². The number of nitrogens with one attached hydrogen (secondary N) is 1.